The number of aromatic nitrogens is 2. The molecule has 1 saturated heterocycles. The van der Waals surface area contributed by atoms with Gasteiger partial charge < -0.3 is 14.8 Å². The Kier molecular flexibility index (Phi) is 4.71. The third-order valence-electron chi connectivity index (χ3n) is 5.64. The lowest BCUT2D eigenvalue weighted by Gasteiger charge is -2.25. The highest BCUT2D eigenvalue weighted by Crippen LogP contribution is 2.43. The topological polar surface area (TPSA) is 95.5 Å². The Hall–Kier alpha value is -4.39. The second-order valence-corrected chi connectivity index (χ2v) is 7.40. The van der Waals surface area contributed by atoms with Crippen LogP contribution in [-0.4, -0.2) is 33.9 Å². The van der Waals surface area contributed by atoms with Crippen molar-refractivity contribution in [2.24, 2.45) is 0 Å². The highest BCUT2D eigenvalue weighted by molar-refractivity contribution is 6.51. The minimum absolute atomic E-state index is 0.0172. The van der Waals surface area contributed by atoms with Crippen LogP contribution in [0.5, 0.6) is 5.75 Å². The van der Waals surface area contributed by atoms with E-state index in [4.69, 9.17) is 4.74 Å². The van der Waals surface area contributed by atoms with Gasteiger partial charge in [-0.2, -0.15) is 0 Å². The van der Waals surface area contributed by atoms with E-state index < -0.39 is 17.7 Å². The average Bonchev–Trinajstić information content (AvgIpc) is 3.38. The molecule has 158 valence electrons. The Labute approximate surface area is 183 Å². The summed E-state index contributed by atoms with van der Waals surface area (Å²) in [6, 6.07) is 17.0. The van der Waals surface area contributed by atoms with Gasteiger partial charge in [-0.1, -0.05) is 24.3 Å². The first kappa shape index (κ1) is 19.6. The minimum atomic E-state index is -0.828. The number of hydrogen-bond donors (Lipinski definition) is 2. The van der Waals surface area contributed by atoms with Gasteiger partial charge in [-0.25, -0.2) is 0 Å². The highest BCUT2D eigenvalue weighted by atomic mass is 16.5. The third-order valence-corrected chi connectivity index (χ3v) is 5.64. The number of benzene rings is 2. The number of amides is 1. The van der Waals surface area contributed by atoms with Crippen LogP contribution in [-0.2, 0) is 9.59 Å². The van der Waals surface area contributed by atoms with Gasteiger partial charge >= 0.3 is 0 Å². The van der Waals surface area contributed by atoms with Crippen LogP contribution in [0.15, 0.2) is 84.8 Å². The molecule has 7 nitrogen and oxygen atoms in total. The number of H-pyrrole nitrogens is 1. The molecule has 1 aliphatic rings. The number of carbonyl (C=O) groups excluding carboxylic acids is 2. The van der Waals surface area contributed by atoms with Crippen molar-refractivity contribution >= 4 is 34.0 Å². The number of fused-ring (bicyclic) bond motifs is 1. The largest absolute Gasteiger partial charge is 0.507 e. The maximum atomic E-state index is 13.2. The molecule has 1 atom stereocenters. The van der Waals surface area contributed by atoms with Crippen LogP contribution >= 0.6 is 0 Å². The summed E-state index contributed by atoms with van der Waals surface area (Å²) in [6.07, 6.45) is 4.85. The molecule has 0 aliphatic carbocycles. The number of ketones is 1. The molecule has 2 aromatic carbocycles. The number of methoxy groups -OCH3 is 1. The molecule has 1 fully saturated rings. The lowest BCUT2D eigenvalue weighted by atomic mass is 9.96. The number of para-hydroxylation sites is 1. The average molecular weight is 425 g/mol. The number of carbonyl (C=O) groups is 2. The summed E-state index contributed by atoms with van der Waals surface area (Å²) in [6.45, 7) is 0. The zero-order valence-corrected chi connectivity index (χ0v) is 17.1. The number of nitrogens with zero attached hydrogens (tertiary/aromatic N) is 2. The zero-order valence-electron chi connectivity index (χ0n) is 17.1. The second-order valence-electron chi connectivity index (χ2n) is 7.40. The molecule has 3 heterocycles. The first-order valence-corrected chi connectivity index (χ1v) is 10.0. The predicted molar refractivity (Wildman–Crippen MR) is 120 cm³/mol. The smallest absolute Gasteiger partial charge is 0.300 e. The molecule has 1 aliphatic heterocycles. The summed E-state index contributed by atoms with van der Waals surface area (Å²) in [5.41, 5.74) is 2.42. The first-order valence-electron chi connectivity index (χ1n) is 10.0. The molecule has 2 aromatic heterocycles. The molecule has 32 heavy (non-hydrogen) atoms. The maximum Gasteiger partial charge on any atom is 0.300 e. The number of aliphatic hydroxyl groups excluding tert-OH is 1. The third kappa shape index (κ3) is 3.02. The summed E-state index contributed by atoms with van der Waals surface area (Å²) < 4.78 is 5.21. The number of hydrogen-bond acceptors (Lipinski definition) is 5. The molecule has 0 bridgehead atoms. The molecular formula is C25H19N3O4. The van der Waals surface area contributed by atoms with Crippen LogP contribution in [0.4, 0.5) is 5.69 Å². The molecular weight excluding hydrogens is 406 g/mol. The van der Waals surface area contributed by atoms with Crippen molar-refractivity contribution in [1.82, 2.24) is 9.97 Å². The molecule has 2 N–H and O–H groups in total. The monoisotopic (exact) mass is 425 g/mol. The van der Waals surface area contributed by atoms with Crippen molar-refractivity contribution in [3.8, 4) is 5.75 Å². The van der Waals surface area contributed by atoms with Gasteiger partial charge in [0, 0.05) is 40.7 Å². The van der Waals surface area contributed by atoms with E-state index in [-0.39, 0.29) is 11.3 Å². The molecule has 5 rings (SSSR count). The van der Waals surface area contributed by atoms with Gasteiger partial charge in [0.1, 0.15) is 11.5 Å². The molecule has 4 aromatic rings. The highest BCUT2D eigenvalue weighted by Gasteiger charge is 2.47. The van der Waals surface area contributed by atoms with E-state index in [2.05, 4.69) is 9.97 Å². The molecule has 1 amide bonds. The van der Waals surface area contributed by atoms with Gasteiger partial charge in [0.2, 0.25) is 0 Å². The van der Waals surface area contributed by atoms with Crippen LogP contribution in [0.2, 0.25) is 0 Å². The number of nitrogens with one attached hydrogen (secondary N) is 1. The number of aromatic amines is 1. The normalized spacial score (nSPS) is 17.8. The number of anilines is 1. The summed E-state index contributed by atoms with van der Waals surface area (Å²) >= 11 is 0. The van der Waals surface area contributed by atoms with Crippen LogP contribution in [0.3, 0.4) is 0 Å². The summed E-state index contributed by atoms with van der Waals surface area (Å²) in [4.78, 5) is 35.0. The van der Waals surface area contributed by atoms with Crippen LogP contribution in [0.1, 0.15) is 17.2 Å². The number of pyridine rings is 1. The quantitative estimate of drug-likeness (QED) is 0.290. The summed E-state index contributed by atoms with van der Waals surface area (Å²) in [7, 11) is 1.55. The molecule has 1 unspecified atom stereocenters. The fourth-order valence-corrected chi connectivity index (χ4v) is 4.11. The van der Waals surface area contributed by atoms with Crippen molar-refractivity contribution in [1.29, 1.82) is 0 Å². The van der Waals surface area contributed by atoms with Crippen molar-refractivity contribution in [2.45, 2.75) is 6.04 Å². The predicted octanol–water partition coefficient (Wildman–Crippen LogP) is 4.20. The van der Waals surface area contributed by atoms with Gasteiger partial charge in [0.15, 0.2) is 0 Å². The lowest BCUT2D eigenvalue weighted by molar-refractivity contribution is -0.132. The molecule has 0 radical (unpaired) electrons. The van der Waals surface area contributed by atoms with Crippen LogP contribution in [0, 0.1) is 0 Å². The summed E-state index contributed by atoms with van der Waals surface area (Å²) in [5.74, 6) is -1.07. The van der Waals surface area contributed by atoms with E-state index in [1.807, 2.05) is 24.3 Å². The maximum absolute atomic E-state index is 13.2. The van der Waals surface area contributed by atoms with Gasteiger partial charge in [-0.15, -0.1) is 0 Å². The minimum Gasteiger partial charge on any atom is -0.507 e. The first-order chi connectivity index (χ1) is 15.6. The van der Waals surface area contributed by atoms with Crippen molar-refractivity contribution in [3.05, 3.63) is 96.0 Å². The summed E-state index contributed by atoms with van der Waals surface area (Å²) in [5, 5.41) is 12.0. The molecule has 0 saturated carbocycles. The van der Waals surface area contributed by atoms with Crippen molar-refractivity contribution in [3.63, 3.8) is 0 Å². The van der Waals surface area contributed by atoms with E-state index in [0.29, 0.717) is 22.6 Å². The van der Waals surface area contributed by atoms with E-state index >= 15 is 0 Å². The number of ether oxygens (including phenoxy) is 1. The fourth-order valence-electron chi connectivity index (χ4n) is 4.11. The fraction of sp³-hybridized carbons (Fsp3) is 0.0800. The van der Waals surface area contributed by atoms with Crippen LogP contribution in [0.25, 0.3) is 16.7 Å². The van der Waals surface area contributed by atoms with Crippen molar-refractivity contribution < 1.29 is 19.4 Å². The van der Waals surface area contributed by atoms with E-state index in [1.54, 1.807) is 62.1 Å². The van der Waals surface area contributed by atoms with E-state index in [1.165, 1.54) is 4.90 Å². The zero-order chi connectivity index (χ0) is 22.2. The van der Waals surface area contributed by atoms with Gasteiger partial charge in [-0.3, -0.25) is 19.5 Å². The Morgan fingerprint density at radius 2 is 1.84 bits per heavy atom. The Morgan fingerprint density at radius 3 is 2.56 bits per heavy atom. The standard InChI is InChI=1S/C25H19N3O4/c1-32-17-10-8-16(9-11-17)28-22(15-5-4-12-26-13-15)21(24(30)25(28)31)23(29)19-14-27-20-7-3-2-6-18(19)20/h2-14,22,27,29H,1H3/b23-21-. The number of Topliss-reactive ketones (excluding diaryl/α,β-unsaturated/α-hetero) is 1. The van der Waals surface area contributed by atoms with E-state index in [0.717, 1.165) is 10.9 Å². The number of rotatable bonds is 4. The van der Waals surface area contributed by atoms with Gasteiger partial charge in [0.25, 0.3) is 11.7 Å². The molecule has 7 heteroatoms. The second kappa shape index (κ2) is 7.70. The Bertz CT molecular complexity index is 1360. The Morgan fingerprint density at radius 1 is 1.06 bits per heavy atom. The number of aliphatic hydroxyl groups is 1. The van der Waals surface area contributed by atoms with Gasteiger partial charge in [0.05, 0.1) is 18.7 Å². The SMILES string of the molecule is COc1ccc(N2C(=O)C(=O)/C(=C(\O)c3c[nH]c4ccccc34)C2c2cccnc2)cc1. The lowest BCUT2D eigenvalue weighted by Crippen LogP contribution is -2.29. The van der Waals surface area contributed by atoms with Crippen LogP contribution < -0.4 is 9.64 Å². The Balaban J connectivity index is 1.73. The van der Waals surface area contributed by atoms with Crippen molar-refractivity contribution in [2.75, 3.05) is 12.0 Å². The van der Waals surface area contributed by atoms with E-state index in [9.17, 15) is 14.7 Å². The van der Waals surface area contributed by atoms with Gasteiger partial charge in [-0.05, 0) is 42.0 Å². The molecule has 0 spiro atoms.